The van der Waals surface area contributed by atoms with E-state index in [1.165, 1.54) is 4.90 Å². The molecule has 15 heavy (non-hydrogen) atoms. The lowest BCUT2D eigenvalue weighted by Crippen LogP contribution is -2.38. The molecule has 0 bridgehead atoms. The summed E-state index contributed by atoms with van der Waals surface area (Å²) in [6, 6.07) is 3.47. The van der Waals surface area contributed by atoms with Crippen LogP contribution in [0.2, 0.25) is 0 Å². The molecule has 0 rings (SSSR count). The summed E-state index contributed by atoms with van der Waals surface area (Å²) in [6.07, 6.45) is 0.182. The van der Waals surface area contributed by atoms with E-state index in [1.807, 2.05) is 26.0 Å². The van der Waals surface area contributed by atoms with Crippen LogP contribution < -0.4 is 5.73 Å². The third-order valence-electron chi connectivity index (χ3n) is 2.14. The first-order chi connectivity index (χ1) is 7.02. The number of nitriles is 2. The monoisotopic (exact) mass is 208 g/mol. The van der Waals surface area contributed by atoms with Crippen LogP contribution in [-0.4, -0.2) is 29.9 Å². The maximum absolute atomic E-state index is 11.6. The van der Waals surface area contributed by atoms with Gasteiger partial charge in [0.2, 0.25) is 5.91 Å². The number of hydrogen-bond acceptors (Lipinski definition) is 4. The number of hydrogen-bond donors (Lipinski definition) is 1. The van der Waals surface area contributed by atoms with E-state index in [0.29, 0.717) is 0 Å². The van der Waals surface area contributed by atoms with Crippen LogP contribution in [0, 0.1) is 28.6 Å². The fourth-order valence-electron chi connectivity index (χ4n) is 0.969. The Labute approximate surface area is 90.1 Å². The van der Waals surface area contributed by atoms with Crippen molar-refractivity contribution in [3.63, 3.8) is 0 Å². The van der Waals surface area contributed by atoms with E-state index < -0.39 is 0 Å². The number of carbonyl (C=O) groups is 1. The van der Waals surface area contributed by atoms with E-state index in [0.717, 1.165) is 0 Å². The molecule has 0 aromatic rings. The smallest absolute Gasteiger partial charge is 0.225 e. The third-order valence-corrected chi connectivity index (χ3v) is 2.14. The summed E-state index contributed by atoms with van der Waals surface area (Å²) < 4.78 is 0. The van der Waals surface area contributed by atoms with Gasteiger partial charge < -0.3 is 10.6 Å². The summed E-state index contributed by atoms with van der Waals surface area (Å²) >= 11 is 0. The van der Waals surface area contributed by atoms with Crippen LogP contribution in [0.1, 0.15) is 20.3 Å². The minimum absolute atomic E-state index is 0.0583. The van der Waals surface area contributed by atoms with Gasteiger partial charge in [0.25, 0.3) is 0 Å². The highest BCUT2D eigenvalue weighted by Crippen LogP contribution is 2.05. The average molecular weight is 208 g/mol. The molecule has 82 valence electrons. The molecule has 0 aliphatic rings. The Morgan fingerprint density at radius 2 is 1.80 bits per heavy atom. The highest BCUT2D eigenvalue weighted by atomic mass is 16.2. The van der Waals surface area contributed by atoms with E-state index in [4.69, 9.17) is 16.3 Å². The Morgan fingerprint density at radius 3 is 2.13 bits per heavy atom. The van der Waals surface area contributed by atoms with Crippen molar-refractivity contribution in [2.45, 2.75) is 26.3 Å². The van der Waals surface area contributed by atoms with Crippen molar-refractivity contribution in [3.8, 4) is 12.1 Å². The van der Waals surface area contributed by atoms with Gasteiger partial charge in [-0.2, -0.15) is 10.5 Å². The molecule has 5 nitrogen and oxygen atoms in total. The third kappa shape index (κ3) is 4.99. The molecule has 0 saturated heterocycles. The van der Waals surface area contributed by atoms with Crippen LogP contribution >= 0.6 is 0 Å². The summed E-state index contributed by atoms with van der Waals surface area (Å²) in [4.78, 5) is 12.8. The van der Waals surface area contributed by atoms with Crippen molar-refractivity contribution in [1.29, 1.82) is 10.5 Å². The zero-order valence-corrected chi connectivity index (χ0v) is 9.10. The molecular formula is C10H16N4O. The van der Waals surface area contributed by atoms with Crippen LogP contribution in [0.25, 0.3) is 0 Å². The molecule has 0 aromatic carbocycles. The van der Waals surface area contributed by atoms with Gasteiger partial charge in [-0.15, -0.1) is 0 Å². The lowest BCUT2D eigenvalue weighted by molar-refractivity contribution is -0.130. The molecule has 0 radical (unpaired) electrons. The molecule has 0 saturated carbocycles. The van der Waals surface area contributed by atoms with Gasteiger partial charge in [0.1, 0.15) is 13.1 Å². The molecule has 0 spiro atoms. The number of carbonyl (C=O) groups excluding carboxylic acids is 1. The standard InChI is InChI=1S/C10H16N4O/c1-8(2)9(13)7-10(15)14(5-3-11)6-4-12/h8-9H,5-7,13H2,1-2H3. The maximum Gasteiger partial charge on any atom is 0.225 e. The lowest BCUT2D eigenvalue weighted by Gasteiger charge is -2.20. The van der Waals surface area contributed by atoms with Crippen LogP contribution in [0.5, 0.6) is 0 Å². The summed E-state index contributed by atoms with van der Waals surface area (Å²) in [7, 11) is 0. The second kappa shape index (κ2) is 6.80. The van der Waals surface area contributed by atoms with Crippen molar-refractivity contribution >= 4 is 5.91 Å². The van der Waals surface area contributed by atoms with E-state index in [1.54, 1.807) is 0 Å². The fourth-order valence-corrected chi connectivity index (χ4v) is 0.969. The minimum Gasteiger partial charge on any atom is -0.327 e. The van der Waals surface area contributed by atoms with Crippen LogP contribution in [0.3, 0.4) is 0 Å². The summed E-state index contributed by atoms with van der Waals surface area (Å²) in [6.45, 7) is 3.74. The maximum atomic E-state index is 11.6. The molecule has 1 unspecified atom stereocenters. The molecule has 1 amide bonds. The Morgan fingerprint density at radius 1 is 1.33 bits per heavy atom. The van der Waals surface area contributed by atoms with Gasteiger partial charge in [0.05, 0.1) is 12.1 Å². The molecule has 5 heteroatoms. The molecule has 0 aliphatic heterocycles. The largest absolute Gasteiger partial charge is 0.327 e. The molecule has 1 atom stereocenters. The molecule has 2 N–H and O–H groups in total. The van der Waals surface area contributed by atoms with Gasteiger partial charge in [-0.3, -0.25) is 4.79 Å². The second-order valence-corrected chi connectivity index (χ2v) is 3.68. The number of nitrogens with zero attached hydrogens (tertiary/aromatic N) is 3. The molecule has 0 fully saturated rings. The number of rotatable bonds is 5. The van der Waals surface area contributed by atoms with E-state index >= 15 is 0 Å². The predicted molar refractivity (Wildman–Crippen MR) is 55.2 cm³/mol. The minimum atomic E-state index is -0.237. The number of nitrogens with two attached hydrogens (primary N) is 1. The first-order valence-corrected chi connectivity index (χ1v) is 4.80. The zero-order chi connectivity index (χ0) is 11.8. The Bertz CT molecular complexity index is 271. The first kappa shape index (κ1) is 13.4. The van der Waals surface area contributed by atoms with Crippen LogP contribution in [-0.2, 0) is 4.79 Å². The average Bonchev–Trinajstić information content (AvgIpc) is 2.17. The lowest BCUT2D eigenvalue weighted by atomic mass is 10.0. The second-order valence-electron chi connectivity index (χ2n) is 3.68. The molecule has 0 heterocycles. The van der Waals surface area contributed by atoms with Gasteiger partial charge in [-0.1, -0.05) is 13.8 Å². The molecule has 0 aromatic heterocycles. The van der Waals surface area contributed by atoms with Crippen LogP contribution in [0.4, 0.5) is 0 Å². The fraction of sp³-hybridized carbons (Fsp3) is 0.700. The van der Waals surface area contributed by atoms with Gasteiger partial charge >= 0.3 is 0 Å². The predicted octanol–water partition coefficient (Wildman–Crippen LogP) is 0.236. The summed E-state index contributed by atoms with van der Waals surface area (Å²) in [5, 5.41) is 16.9. The van der Waals surface area contributed by atoms with Crippen molar-refractivity contribution < 1.29 is 4.79 Å². The SMILES string of the molecule is CC(C)C(N)CC(=O)N(CC#N)CC#N. The van der Waals surface area contributed by atoms with E-state index in [9.17, 15) is 4.79 Å². The van der Waals surface area contributed by atoms with Gasteiger partial charge in [0.15, 0.2) is 0 Å². The molecular weight excluding hydrogens is 192 g/mol. The van der Waals surface area contributed by atoms with E-state index in [-0.39, 0.29) is 37.4 Å². The normalized spacial score (nSPS) is 11.6. The highest BCUT2D eigenvalue weighted by Gasteiger charge is 2.18. The van der Waals surface area contributed by atoms with Crippen molar-refractivity contribution in [2.75, 3.05) is 13.1 Å². The van der Waals surface area contributed by atoms with Gasteiger partial charge in [-0.05, 0) is 5.92 Å². The van der Waals surface area contributed by atoms with Gasteiger partial charge in [-0.25, -0.2) is 0 Å². The first-order valence-electron chi connectivity index (χ1n) is 4.80. The van der Waals surface area contributed by atoms with Crippen LogP contribution in [0.15, 0.2) is 0 Å². The van der Waals surface area contributed by atoms with Crippen molar-refractivity contribution in [1.82, 2.24) is 4.90 Å². The highest BCUT2D eigenvalue weighted by molar-refractivity contribution is 5.77. The Balaban J connectivity index is 4.27. The van der Waals surface area contributed by atoms with E-state index in [2.05, 4.69) is 0 Å². The van der Waals surface area contributed by atoms with Gasteiger partial charge in [0, 0.05) is 12.5 Å². The topological polar surface area (TPSA) is 93.9 Å². The van der Waals surface area contributed by atoms with Crippen molar-refractivity contribution in [3.05, 3.63) is 0 Å². The summed E-state index contributed by atoms with van der Waals surface area (Å²) in [5.74, 6) is -0.0285. The molecule has 0 aliphatic carbocycles. The quantitative estimate of drug-likeness (QED) is 0.654. The summed E-state index contributed by atoms with van der Waals surface area (Å²) in [5.41, 5.74) is 5.73. The van der Waals surface area contributed by atoms with Crippen molar-refractivity contribution in [2.24, 2.45) is 11.7 Å². The Kier molecular flexibility index (Phi) is 6.08. The Hall–Kier alpha value is -1.59. The zero-order valence-electron chi connectivity index (χ0n) is 9.10. The number of amides is 1.